The number of hydrogen-bond acceptors (Lipinski definition) is 2. The molecule has 2 rings (SSSR count). The maximum absolute atomic E-state index is 12.1. The number of hydrogen-bond donors (Lipinski definition) is 1. The third-order valence-corrected chi connectivity index (χ3v) is 4.16. The zero-order valence-corrected chi connectivity index (χ0v) is 13.3. The molecule has 1 aliphatic heterocycles. The Morgan fingerprint density at radius 3 is 2.70 bits per heavy atom. The predicted molar refractivity (Wildman–Crippen MR) is 82.5 cm³/mol. The summed E-state index contributed by atoms with van der Waals surface area (Å²) in [7, 11) is 0. The molecule has 0 saturated carbocycles. The summed E-state index contributed by atoms with van der Waals surface area (Å²) in [6.07, 6.45) is 1.18. The van der Waals surface area contributed by atoms with Crippen LogP contribution in [0.3, 0.4) is 0 Å². The Labute approximate surface area is 127 Å². The summed E-state index contributed by atoms with van der Waals surface area (Å²) in [5.41, 5.74) is 0.844. The number of nitrogens with zero attached hydrogens (tertiary/aromatic N) is 1. The first-order valence-electron chi connectivity index (χ1n) is 6.87. The van der Waals surface area contributed by atoms with Crippen molar-refractivity contribution in [2.45, 2.75) is 32.7 Å². The van der Waals surface area contributed by atoms with Gasteiger partial charge in [0.25, 0.3) is 0 Å². The molecule has 0 spiro atoms. The second-order valence-electron chi connectivity index (χ2n) is 5.20. The van der Waals surface area contributed by atoms with Crippen LogP contribution in [-0.2, 0) is 9.59 Å². The smallest absolute Gasteiger partial charge is 0.227 e. The van der Waals surface area contributed by atoms with E-state index in [4.69, 9.17) is 0 Å². The molecule has 2 atom stereocenters. The monoisotopic (exact) mass is 338 g/mol. The molecule has 1 aromatic carbocycles. The van der Waals surface area contributed by atoms with Gasteiger partial charge in [-0.25, -0.2) is 0 Å². The minimum Gasteiger partial charge on any atom is -0.353 e. The SMILES string of the molecule is CC[C@H](C)NC(=O)[C@@H]1CC(=O)N(c2ccc(Br)cc2)C1. The maximum Gasteiger partial charge on any atom is 0.227 e. The van der Waals surface area contributed by atoms with Gasteiger partial charge in [-0.2, -0.15) is 0 Å². The van der Waals surface area contributed by atoms with Crippen molar-refractivity contribution in [3.8, 4) is 0 Å². The molecule has 0 aliphatic carbocycles. The summed E-state index contributed by atoms with van der Waals surface area (Å²) < 4.78 is 0.971. The van der Waals surface area contributed by atoms with Crippen molar-refractivity contribution in [1.29, 1.82) is 0 Å². The van der Waals surface area contributed by atoms with Crippen molar-refractivity contribution in [1.82, 2.24) is 5.32 Å². The Balaban J connectivity index is 2.03. The average molecular weight is 339 g/mol. The van der Waals surface area contributed by atoms with Gasteiger partial charge in [0.05, 0.1) is 5.92 Å². The van der Waals surface area contributed by atoms with Crippen LogP contribution in [0, 0.1) is 5.92 Å². The minimum absolute atomic E-state index is 0.0108. The van der Waals surface area contributed by atoms with E-state index in [1.54, 1.807) is 4.90 Å². The predicted octanol–water partition coefficient (Wildman–Crippen LogP) is 2.72. The Morgan fingerprint density at radius 1 is 1.45 bits per heavy atom. The summed E-state index contributed by atoms with van der Waals surface area (Å²) in [5.74, 6) is -0.260. The molecule has 0 unspecified atom stereocenters. The van der Waals surface area contributed by atoms with Crippen LogP contribution in [0.4, 0.5) is 5.69 Å². The lowest BCUT2D eigenvalue weighted by Gasteiger charge is -2.18. The first-order chi connectivity index (χ1) is 9.51. The van der Waals surface area contributed by atoms with Crippen LogP contribution in [0.2, 0.25) is 0 Å². The number of carbonyl (C=O) groups excluding carboxylic acids is 2. The highest BCUT2D eigenvalue weighted by Gasteiger charge is 2.35. The molecule has 20 heavy (non-hydrogen) atoms. The van der Waals surface area contributed by atoms with Crippen molar-refractivity contribution in [2.24, 2.45) is 5.92 Å². The fourth-order valence-corrected chi connectivity index (χ4v) is 2.48. The van der Waals surface area contributed by atoms with Crippen molar-refractivity contribution in [2.75, 3.05) is 11.4 Å². The van der Waals surface area contributed by atoms with Gasteiger partial charge < -0.3 is 10.2 Å². The van der Waals surface area contributed by atoms with Gasteiger partial charge in [-0.1, -0.05) is 22.9 Å². The van der Waals surface area contributed by atoms with Crippen molar-refractivity contribution in [3.63, 3.8) is 0 Å². The number of halogens is 1. The van der Waals surface area contributed by atoms with Crippen molar-refractivity contribution < 1.29 is 9.59 Å². The Hall–Kier alpha value is -1.36. The Morgan fingerprint density at radius 2 is 2.10 bits per heavy atom. The van der Waals surface area contributed by atoms with Gasteiger partial charge in [-0.05, 0) is 37.6 Å². The maximum atomic E-state index is 12.1. The number of benzene rings is 1. The molecule has 1 fully saturated rings. The van der Waals surface area contributed by atoms with Gasteiger partial charge in [-0.3, -0.25) is 9.59 Å². The molecule has 1 aliphatic rings. The highest BCUT2D eigenvalue weighted by Crippen LogP contribution is 2.26. The molecule has 2 amide bonds. The summed E-state index contributed by atoms with van der Waals surface area (Å²) in [6, 6.07) is 7.72. The molecule has 4 nitrogen and oxygen atoms in total. The van der Waals surface area contributed by atoms with E-state index in [1.807, 2.05) is 38.1 Å². The normalized spacial score (nSPS) is 20.1. The highest BCUT2D eigenvalue weighted by molar-refractivity contribution is 9.10. The minimum atomic E-state index is -0.250. The largest absolute Gasteiger partial charge is 0.353 e. The Kier molecular flexibility index (Phi) is 4.81. The molecule has 0 radical (unpaired) electrons. The molecule has 5 heteroatoms. The summed E-state index contributed by atoms with van der Waals surface area (Å²) >= 11 is 3.37. The standard InChI is InChI=1S/C15H19BrN2O2/c1-3-10(2)17-15(20)11-8-14(19)18(9-11)13-6-4-12(16)5-7-13/h4-7,10-11H,3,8-9H2,1-2H3,(H,17,20)/t10-,11+/m0/s1. The number of rotatable bonds is 4. The molecule has 0 bridgehead atoms. The van der Waals surface area contributed by atoms with Crippen molar-refractivity contribution >= 4 is 33.4 Å². The van der Waals surface area contributed by atoms with Gasteiger partial charge in [0.15, 0.2) is 0 Å². The summed E-state index contributed by atoms with van der Waals surface area (Å²) in [6.45, 7) is 4.46. The second-order valence-corrected chi connectivity index (χ2v) is 6.12. The topological polar surface area (TPSA) is 49.4 Å². The van der Waals surface area contributed by atoms with Gasteiger partial charge in [0.2, 0.25) is 11.8 Å². The lowest BCUT2D eigenvalue weighted by Crippen LogP contribution is -2.38. The number of carbonyl (C=O) groups is 2. The number of nitrogens with one attached hydrogen (secondary N) is 1. The third-order valence-electron chi connectivity index (χ3n) is 3.64. The van der Waals surface area contributed by atoms with Crippen LogP contribution in [0.15, 0.2) is 28.7 Å². The molecule has 1 saturated heterocycles. The van der Waals surface area contributed by atoms with Gasteiger partial charge in [-0.15, -0.1) is 0 Å². The lowest BCUT2D eigenvalue weighted by atomic mass is 10.1. The Bertz CT molecular complexity index is 501. The van der Waals surface area contributed by atoms with Crippen LogP contribution >= 0.6 is 15.9 Å². The van der Waals surface area contributed by atoms with E-state index >= 15 is 0 Å². The molecular formula is C15H19BrN2O2. The van der Waals surface area contributed by atoms with Crippen LogP contribution in [0.1, 0.15) is 26.7 Å². The van der Waals surface area contributed by atoms with Crippen LogP contribution in [0.25, 0.3) is 0 Å². The molecule has 108 valence electrons. The van der Waals surface area contributed by atoms with E-state index in [-0.39, 0.29) is 23.8 Å². The fourth-order valence-electron chi connectivity index (χ4n) is 2.22. The fraction of sp³-hybridized carbons (Fsp3) is 0.467. The van der Waals surface area contributed by atoms with Crippen molar-refractivity contribution in [3.05, 3.63) is 28.7 Å². The van der Waals surface area contributed by atoms with Crippen LogP contribution in [-0.4, -0.2) is 24.4 Å². The van der Waals surface area contributed by atoms with E-state index in [2.05, 4.69) is 21.2 Å². The van der Waals surface area contributed by atoms with Gasteiger partial charge in [0, 0.05) is 29.2 Å². The first-order valence-corrected chi connectivity index (χ1v) is 7.67. The van der Waals surface area contributed by atoms with Crippen LogP contribution in [0.5, 0.6) is 0 Å². The second kappa shape index (κ2) is 6.39. The quantitative estimate of drug-likeness (QED) is 0.917. The summed E-state index contributed by atoms with van der Waals surface area (Å²) in [4.78, 5) is 25.8. The zero-order chi connectivity index (χ0) is 14.7. The highest BCUT2D eigenvalue weighted by atomic mass is 79.9. The molecule has 0 aromatic heterocycles. The van der Waals surface area contributed by atoms with E-state index in [9.17, 15) is 9.59 Å². The molecule has 1 N–H and O–H groups in total. The third kappa shape index (κ3) is 3.39. The number of anilines is 1. The first kappa shape index (κ1) is 15.0. The molecule has 1 aromatic rings. The van der Waals surface area contributed by atoms with E-state index in [0.717, 1.165) is 16.6 Å². The van der Waals surface area contributed by atoms with Gasteiger partial charge in [0.1, 0.15) is 0 Å². The molecular weight excluding hydrogens is 320 g/mol. The number of amides is 2. The zero-order valence-electron chi connectivity index (χ0n) is 11.7. The summed E-state index contributed by atoms with van der Waals surface area (Å²) in [5, 5.41) is 2.95. The van der Waals surface area contributed by atoms with Gasteiger partial charge >= 0.3 is 0 Å². The van der Waals surface area contributed by atoms with Crippen LogP contribution < -0.4 is 10.2 Å². The lowest BCUT2D eigenvalue weighted by molar-refractivity contribution is -0.126. The van der Waals surface area contributed by atoms with E-state index in [0.29, 0.717) is 13.0 Å². The molecule has 1 heterocycles. The van der Waals surface area contributed by atoms with E-state index < -0.39 is 0 Å². The average Bonchev–Trinajstić information content (AvgIpc) is 2.81. The van der Waals surface area contributed by atoms with E-state index in [1.165, 1.54) is 0 Å².